The van der Waals surface area contributed by atoms with Gasteiger partial charge in [-0.3, -0.25) is 14.5 Å². The zero-order valence-electron chi connectivity index (χ0n) is 20.6. The summed E-state index contributed by atoms with van der Waals surface area (Å²) in [6.07, 6.45) is 6.00. The van der Waals surface area contributed by atoms with Crippen molar-refractivity contribution in [3.8, 4) is 0 Å². The SMILES string of the molecule is C=CC[C@H]1CC[C@]2(C(=O)N(COCCSI)c3cc(Cl)ccc32)N(CC2CC2)C1=O.Clc1ccccc1. The maximum Gasteiger partial charge on any atom is 0.259 e. The van der Waals surface area contributed by atoms with E-state index < -0.39 is 5.54 Å². The standard InChI is InChI=1S/C22H26ClIN2O3S.C6H5Cl/c1-2-3-16-8-9-22(26(20(16)27)13-15-4-5-15)18-7-6-17(23)12-19(18)25(21(22)28)14-29-10-11-30-24;7-6-4-2-1-3-5-6/h2,6-7,12,15-16H,1,3-5,8-11,13-14H2;1-5H/t16-,22-;/m0./s1. The summed E-state index contributed by atoms with van der Waals surface area (Å²) in [7, 11) is 1.67. The average molecular weight is 673 g/mol. The number of halogens is 3. The predicted molar refractivity (Wildman–Crippen MR) is 161 cm³/mol. The molecule has 2 amide bonds. The molecule has 37 heavy (non-hydrogen) atoms. The summed E-state index contributed by atoms with van der Waals surface area (Å²) in [5, 5.41) is 1.37. The second-order valence-corrected chi connectivity index (χ2v) is 12.9. The molecule has 1 saturated carbocycles. The Kier molecular flexibility index (Phi) is 10.3. The Morgan fingerprint density at radius 2 is 1.86 bits per heavy atom. The van der Waals surface area contributed by atoms with E-state index in [4.69, 9.17) is 27.9 Å². The molecular formula is C28H31Cl2IN2O3S. The number of piperidine rings is 1. The summed E-state index contributed by atoms with van der Waals surface area (Å²) in [5.74, 6) is 1.26. The van der Waals surface area contributed by atoms with Crippen molar-refractivity contribution in [1.29, 1.82) is 0 Å². The van der Waals surface area contributed by atoms with E-state index in [-0.39, 0.29) is 24.5 Å². The van der Waals surface area contributed by atoms with Crippen LogP contribution in [-0.4, -0.2) is 42.3 Å². The summed E-state index contributed by atoms with van der Waals surface area (Å²) in [6.45, 7) is 5.19. The second kappa shape index (κ2) is 13.2. The Morgan fingerprint density at radius 3 is 2.49 bits per heavy atom. The molecule has 5 nitrogen and oxygen atoms in total. The number of hydrogen-bond acceptors (Lipinski definition) is 4. The molecule has 9 heteroatoms. The van der Waals surface area contributed by atoms with Crippen LogP contribution in [0.2, 0.25) is 10.0 Å². The molecule has 2 heterocycles. The summed E-state index contributed by atoms with van der Waals surface area (Å²) in [4.78, 5) is 31.0. The normalized spacial score (nSPS) is 22.6. The van der Waals surface area contributed by atoms with Crippen LogP contribution in [0.5, 0.6) is 0 Å². The molecule has 2 aliphatic heterocycles. The van der Waals surface area contributed by atoms with Crippen molar-refractivity contribution in [2.75, 3.05) is 30.5 Å². The van der Waals surface area contributed by atoms with Crippen molar-refractivity contribution in [3.05, 3.63) is 76.8 Å². The highest BCUT2D eigenvalue weighted by Crippen LogP contribution is 2.52. The van der Waals surface area contributed by atoms with E-state index >= 15 is 0 Å². The minimum Gasteiger partial charge on any atom is -0.360 e. The Labute approximate surface area is 245 Å². The van der Waals surface area contributed by atoms with Crippen LogP contribution in [0.3, 0.4) is 0 Å². The van der Waals surface area contributed by atoms with Gasteiger partial charge in [0.15, 0.2) is 0 Å². The fourth-order valence-electron chi connectivity index (χ4n) is 5.09. The number of likely N-dealkylation sites (tertiary alicyclic amines) is 1. The topological polar surface area (TPSA) is 49.9 Å². The number of anilines is 1. The van der Waals surface area contributed by atoms with Crippen molar-refractivity contribution in [3.63, 3.8) is 0 Å². The van der Waals surface area contributed by atoms with E-state index in [1.165, 1.54) is 0 Å². The number of ether oxygens (including phenoxy) is 1. The third-order valence-corrected chi connectivity index (χ3v) is 9.20. The van der Waals surface area contributed by atoms with Gasteiger partial charge in [0, 0.05) is 33.8 Å². The zero-order valence-corrected chi connectivity index (χ0v) is 25.1. The van der Waals surface area contributed by atoms with Crippen LogP contribution in [0.15, 0.2) is 61.2 Å². The molecule has 2 aromatic carbocycles. The number of hydrogen-bond donors (Lipinski definition) is 0. The third-order valence-electron chi connectivity index (χ3n) is 7.07. The van der Waals surface area contributed by atoms with Gasteiger partial charge in [-0.05, 0) is 83.5 Å². The van der Waals surface area contributed by atoms with Gasteiger partial charge >= 0.3 is 0 Å². The first-order chi connectivity index (χ1) is 17.9. The van der Waals surface area contributed by atoms with Crippen LogP contribution in [0.4, 0.5) is 5.69 Å². The van der Waals surface area contributed by atoms with Gasteiger partial charge in [-0.15, -0.1) is 6.58 Å². The molecule has 2 atom stereocenters. The number of allylic oxidation sites excluding steroid dienone is 1. The Morgan fingerprint density at radius 1 is 1.11 bits per heavy atom. The lowest BCUT2D eigenvalue weighted by Gasteiger charge is -2.46. The summed E-state index contributed by atoms with van der Waals surface area (Å²) in [6, 6.07) is 15.0. The van der Waals surface area contributed by atoms with Gasteiger partial charge in [0.1, 0.15) is 12.3 Å². The highest BCUT2D eigenvalue weighted by atomic mass is 127. The monoisotopic (exact) mass is 672 g/mol. The molecule has 1 spiro atoms. The number of nitrogens with zero attached hydrogens (tertiary/aromatic N) is 2. The molecule has 0 N–H and O–H groups in total. The van der Waals surface area contributed by atoms with E-state index in [2.05, 4.69) is 27.8 Å². The molecule has 5 rings (SSSR count). The van der Waals surface area contributed by atoms with Crippen LogP contribution in [-0.2, 0) is 19.9 Å². The molecular weight excluding hydrogens is 642 g/mol. The number of benzene rings is 2. The molecule has 0 aromatic heterocycles. The van der Waals surface area contributed by atoms with Crippen molar-refractivity contribution in [2.24, 2.45) is 11.8 Å². The van der Waals surface area contributed by atoms with Gasteiger partial charge in [0.25, 0.3) is 5.91 Å². The first-order valence-electron chi connectivity index (χ1n) is 12.5. The lowest BCUT2D eigenvalue weighted by atomic mass is 9.76. The molecule has 1 saturated heterocycles. The summed E-state index contributed by atoms with van der Waals surface area (Å²) < 4.78 is 5.79. The Hall–Kier alpha value is -1.26. The largest absolute Gasteiger partial charge is 0.360 e. The van der Waals surface area contributed by atoms with Crippen LogP contribution in [0.1, 0.15) is 37.7 Å². The smallest absolute Gasteiger partial charge is 0.259 e. The molecule has 2 aromatic rings. The first-order valence-corrected chi connectivity index (χ1v) is 16.8. The van der Waals surface area contributed by atoms with Crippen molar-refractivity contribution < 1.29 is 14.3 Å². The maximum atomic E-state index is 13.9. The van der Waals surface area contributed by atoms with Crippen LogP contribution in [0, 0.1) is 11.8 Å². The number of fused-ring (bicyclic) bond motifs is 2. The number of carbonyl (C=O) groups excluding carboxylic acids is 2. The van der Waals surface area contributed by atoms with E-state index in [9.17, 15) is 9.59 Å². The lowest BCUT2D eigenvalue weighted by Crippen LogP contribution is -2.60. The van der Waals surface area contributed by atoms with Crippen LogP contribution < -0.4 is 4.90 Å². The molecule has 0 radical (unpaired) electrons. The van der Waals surface area contributed by atoms with Crippen molar-refractivity contribution in [2.45, 2.75) is 37.6 Å². The van der Waals surface area contributed by atoms with Gasteiger partial charge in [-0.25, -0.2) is 0 Å². The van der Waals surface area contributed by atoms with Crippen molar-refractivity contribution >= 4 is 70.8 Å². The molecule has 2 fully saturated rings. The highest BCUT2D eigenvalue weighted by molar-refractivity contribution is 14.2. The van der Waals surface area contributed by atoms with Gasteiger partial charge in [0.2, 0.25) is 5.91 Å². The average Bonchev–Trinajstić information content (AvgIpc) is 3.68. The van der Waals surface area contributed by atoms with Gasteiger partial charge in [0.05, 0.1) is 12.3 Å². The van der Waals surface area contributed by atoms with E-state index in [0.717, 1.165) is 34.9 Å². The van der Waals surface area contributed by atoms with E-state index in [1.54, 1.807) is 13.8 Å². The van der Waals surface area contributed by atoms with E-state index in [1.807, 2.05) is 59.5 Å². The third kappa shape index (κ3) is 6.49. The quantitative estimate of drug-likeness (QED) is 0.157. The van der Waals surface area contributed by atoms with Crippen LogP contribution in [0.25, 0.3) is 0 Å². The van der Waals surface area contributed by atoms with E-state index in [0.29, 0.717) is 43.4 Å². The number of carbonyl (C=O) groups is 2. The first kappa shape index (κ1) is 28.7. The van der Waals surface area contributed by atoms with Gasteiger partial charge < -0.3 is 9.64 Å². The number of rotatable bonds is 9. The summed E-state index contributed by atoms with van der Waals surface area (Å²) >= 11 is 14.1. The molecule has 3 aliphatic rings. The zero-order chi connectivity index (χ0) is 26.4. The fraction of sp³-hybridized carbons (Fsp3) is 0.429. The maximum absolute atomic E-state index is 13.9. The summed E-state index contributed by atoms with van der Waals surface area (Å²) in [5.41, 5.74) is 0.707. The minimum absolute atomic E-state index is 0.0621. The second-order valence-electron chi connectivity index (χ2n) is 9.55. The van der Waals surface area contributed by atoms with Crippen LogP contribution >= 0.6 is 53.3 Å². The molecule has 0 bridgehead atoms. The molecule has 198 valence electrons. The predicted octanol–water partition coefficient (Wildman–Crippen LogP) is 7.50. The van der Waals surface area contributed by atoms with Crippen molar-refractivity contribution in [1.82, 2.24) is 4.90 Å². The molecule has 1 aliphatic carbocycles. The minimum atomic E-state index is -0.946. The number of amides is 2. The Bertz CT molecular complexity index is 1120. The lowest BCUT2D eigenvalue weighted by molar-refractivity contribution is -0.156. The molecule has 0 unspecified atom stereocenters. The fourth-order valence-corrected chi connectivity index (χ4v) is 6.12. The highest BCUT2D eigenvalue weighted by Gasteiger charge is 2.59. The Balaban J connectivity index is 0.000000396. The van der Waals surface area contributed by atoms with Gasteiger partial charge in [-0.1, -0.05) is 62.5 Å². The van der Waals surface area contributed by atoms with Gasteiger partial charge in [-0.2, -0.15) is 0 Å².